The van der Waals surface area contributed by atoms with Crippen LogP contribution in [0.4, 0.5) is 0 Å². The molecule has 15 heavy (non-hydrogen) atoms. The van der Waals surface area contributed by atoms with Crippen LogP contribution in [0.5, 0.6) is 0 Å². The van der Waals surface area contributed by atoms with E-state index in [1.165, 1.54) is 0 Å². The molecule has 0 aromatic rings. The summed E-state index contributed by atoms with van der Waals surface area (Å²) < 4.78 is 23.6. The Labute approximate surface area is 104 Å². The van der Waals surface area contributed by atoms with E-state index in [2.05, 4.69) is 22.6 Å². The van der Waals surface area contributed by atoms with Crippen molar-refractivity contribution in [2.24, 2.45) is 0 Å². The average Bonchev–Trinajstić information content (AvgIpc) is 2.59. The third kappa shape index (κ3) is 3.03. The number of ether oxygens (including phenoxy) is 4. The minimum Gasteiger partial charge on any atom is -0.372 e. The summed E-state index contributed by atoms with van der Waals surface area (Å²) in [5.74, 6) is -0.478. The molecule has 3 atom stereocenters. The highest BCUT2D eigenvalue weighted by molar-refractivity contribution is 14.1. The largest absolute Gasteiger partial charge is 0.372 e. The first-order valence-electron chi connectivity index (χ1n) is 5.21. The molecule has 0 aliphatic carbocycles. The van der Waals surface area contributed by atoms with Crippen molar-refractivity contribution in [3.63, 3.8) is 0 Å². The number of halogens is 1. The molecule has 0 unspecified atom stereocenters. The number of hydrogen-bond donors (Lipinski definition) is 0. The SMILES string of the molecule is CC1(C)OC[C@@H]([C@@H]2CO[C@H](CI)CO2)O1. The molecule has 0 aromatic heterocycles. The Morgan fingerprint density at radius 1 is 1.13 bits per heavy atom. The fourth-order valence-corrected chi connectivity index (χ4v) is 2.27. The van der Waals surface area contributed by atoms with Crippen LogP contribution in [0.25, 0.3) is 0 Å². The zero-order valence-electron chi connectivity index (χ0n) is 9.07. The van der Waals surface area contributed by atoms with E-state index in [0.717, 1.165) is 4.43 Å². The highest BCUT2D eigenvalue weighted by atomic mass is 127. The Kier molecular flexibility index (Phi) is 3.88. The fraction of sp³-hybridized carbons (Fsp3) is 1.00. The lowest BCUT2D eigenvalue weighted by atomic mass is 10.2. The van der Waals surface area contributed by atoms with Crippen LogP contribution < -0.4 is 0 Å². The Hall–Kier alpha value is 0.570. The van der Waals surface area contributed by atoms with E-state index in [4.69, 9.17) is 18.9 Å². The first-order valence-corrected chi connectivity index (χ1v) is 6.74. The third-order valence-corrected chi connectivity index (χ3v) is 3.59. The normalized spacial score (nSPS) is 40.6. The lowest BCUT2D eigenvalue weighted by Crippen LogP contribution is -2.44. The summed E-state index contributed by atoms with van der Waals surface area (Å²) in [6.45, 7) is 5.70. The molecular formula is C10H17IO4. The van der Waals surface area contributed by atoms with Crippen molar-refractivity contribution in [3.8, 4) is 0 Å². The van der Waals surface area contributed by atoms with E-state index in [1.807, 2.05) is 13.8 Å². The van der Waals surface area contributed by atoms with Gasteiger partial charge >= 0.3 is 0 Å². The quantitative estimate of drug-likeness (QED) is 0.567. The van der Waals surface area contributed by atoms with Crippen molar-refractivity contribution in [1.82, 2.24) is 0 Å². The van der Waals surface area contributed by atoms with Gasteiger partial charge in [-0.1, -0.05) is 22.6 Å². The van der Waals surface area contributed by atoms with E-state index < -0.39 is 5.79 Å². The maximum atomic E-state index is 5.73. The first-order chi connectivity index (χ1) is 7.11. The second-order valence-electron chi connectivity index (χ2n) is 4.35. The van der Waals surface area contributed by atoms with Gasteiger partial charge in [-0.3, -0.25) is 0 Å². The van der Waals surface area contributed by atoms with Crippen LogP contribution in [0.3, 0.4) is 0 Å². The second kappa shape index (κ2) is 4.83. The topological polar surface area (TPSA) is 36.9 Å². The number of rotatable bonds is 2. The van der Waals surface area contributed by atoms with Crippen LogP contribution in [0.2, 0.25) is 0 Å². The monoisotopic (exact) mass is 328 g/mol. The van der Waals surface area contributed by atoms with Crippen molar-refractivity contribution in [2.75, 3.05) is 24.2 Å². The predicted molar refractivity (Wildman–Crippen MR) is 63.3 cm³/mol. The van der Waals surface area contributed by atoms with Gasteiger partial charge < -0.3 is 18.9 Å². The summed E-state index contributed by atoms with van der Waals surface area (Å²) in [4.78, 5) is 0. The molecule has 0 amide bonds. The second-order valence-corrected chi connectivity index (χ2v) is 5.23. The van der Waals surface area contributed by atoms with Gasteiger partial charge in [0.1, 0.15) is 12.2 Å². The Morgan fingerprint density at radius 2 is 1.93 bits per heavy atom. The van der Waals surface area contributed by atoms with Crippen LogP contribution in [0.15, 0.2) is 0 Å². The van der Waals surface area contributed by atoms with Gasteiger partial charge in [0.2, 0.25) is 0 Å². The standard InChI is InChI=1S/C10H17IO4/c1-10(2)14-6-9(15-10)8-5-12-7(3-11)4-13-8/h7-9H,3-6H2,1-2H3/t7-,8+,9+/m1/s1. The van der Waals surface area contributed by atoms with E-state index >= 15 is 0 Å². The van der Waals surface area contributed by atoms with Gasteiger partial charge in [0.05, 0.1) is 25.9 Å². The third-order valence-electron chi connectivity index (χ3n) is 2.61. The molecule has 2 rings (SSSR count). The minimum atomic E-state index is -0.478. The van der Waals surface area contributed by atoms with Crippen LogP contribution in [0.1, 0.15) is 13.8 Å². The maximum Gasteiger partial charge on any atom is 0.163 e. The van der Waals surface area contributed by atoms with Gasteiger partial charge in [-0.2, -0.15) is 0 Å². The van der Waals surface area contributed by atoms with Gasteiger partial charge in [-0.05, 0) is 13.8 Å². The van der Waals surface area contributed by atoms with E-state index in [1.54, 1.807) is 0 Å². The average molecular weight is 328 g/mol. The highest BCUT2D eigenvalue weighted by Gasteiger charge is 2.39. The molecule has 4 nitrogen and oxygen atoms in total. The summed E-state index contributed by atoms with van der Waals surface area (Å²) >= 11 is 2.31. The summed E-state index contributed by atoms with van der Waals surface area (Å²) in [5, 5.41) is 0. The van der Waals surface area contributed by atoms with Crippen LogP contribution in [0, 0.1) is 0 Å². The first kappa shape index (κ1) is 12.0. The van der Waals surface area contributed by atoms with Crippen molar-refractivity contribution >= 4 is 22.6 Å². The summed E-state index contributed by atoms with van der Waals surface area (Å²) in [6, 6.07) is 0. The molecule has 2 fully saturated rings. The lowest BCUT2D eigenvalue weighted by molar-refractivity contribution is -0.189. The maximum absolute atomic E-state index is 5.73. The molecule has 5 heteroatoms. The zero-order chi connectivity index (χ0) is 10.9. The van der Waals surface area contributed by atoms with Gasteiger partial charge in [0, 0.05) is 4.43 Å². The van der Waals surface area contributed by atoms with E-state index in [-0.39, 0.29) is 18.3 Å². The van der Waals surface area contributed by atoms with Crippen LogP contribution in [-0.2, 0) is 18.9 Å². The lowest BCUT2D eigenvalue weighted by Gasteiger charge is -2.31. The smallest absolute Gasteiger partial charge is 0.163 e. The van der Waals surface area contributed by atoms with Gasteiger partial charge in [0.15, 0.2) is 5.79 Å². The Bertz CT molecular complexity index is 213. The number of hydrogen-bond acceptors (Lipinski definition) is 4. The van der Waals surface area contributed by atoms with Crippen LogP contribution in [-0.4, -0.2) is 48.3 Å². The molecule has 0 aromatic carbocycles. The molecule has 0 radical (unpaired) electrons. The Balaban J connectivity index is 1.81. The summed E-state index contributed by atoms with van der Waals surface area (Å²) in [5.41, 5.74) is 0. The molecule has 0 spiro atoms. The fourth-order valence-electron chi connectivity index (χ4n) is 1.76. The van der Waals surface area contributed by atoms with Gasteiger partial charge in [0.25, 0.3) is 0 Å². The molecule has 2 heterocycles. The van der Waals surface area contributed by atoms with E-state index in [9.17, 15) is 0 Å². The van der Waals surface area contributed by atoms with Gasteiger partial charge in [-0.15, -0.1) is 0 Å². The van der Waals surface area contributed by atoms with Gasteiger partial charge in [-0.25, -0.2) is 0 Å². The van der Waals surface area contributed by atoms with Crippen molar-refractivity contribution in [1.29, 1.82) is 0 Å². The van der Waals surface area contributed by atoms with Crippen LogP contribution >= 0.6 is 22.6 Å². The molecule has 0 bridgehead atoms. The van der Waals surface area contributed by atoms with Crippen molar-refractivity contribution in [3.05, 3.63) is 0 Å². The molecule has 0 N–H and O–H groups in total. The molecule has 0 saturated carbocycles. The van der Waals surface area contributed by atoms with Crippen molar-refractivity contribution < 1.29 is 18.9 Å². The highest BCUT2D eigenvalue weighted by Crippen LogP contribution is 2.27. The summed E-state index contributed by atoms with van der Waals surface area (Å²) in [7, 11) is 0. The Morgan fingerprint density at radius 3 is 2.40 bits per heavy atom. The zero-order valence-corrected chi connectivity index (χ0v) is 11.2. The molecule has 2 aliphatic rings. The number of alkyl halides is 1. The molecule has 2 saturated heterocycles. The molecule has 2 aliphatic heterocycles. The van der Waals surface area contributed by atoms with Crippen molar-refractivity contribution in [2.45, 2.75) is 37.9 Å². The predicted octanol–water partition coefficient (Wildman–Crippen LogP) is 1.36. The molecule has 88 valence electrons. The molecular weight excluding hydrogens is 311 g/mol. The minimum absolute atomic E-state index is 0.00941. The van der Waals surface area contributed by atoms with E-state index in [0.29, 0.717) is 19.8 Å². The summed E-state index contributed by atoms with van der Waals surface area (Å²) in [6.07, 6.45) is 0.262.